The Morgan fingerprint density at radius 3 is 2.71 bits per heavy atom. The number of fused-ring (bicyclic) bond motifs is 1. The molecule has 24 heavy (non-hydrogen) atoms. The van der Waals surface area contributed by atoms with Gasteiger partial charge in [0.1, 0.15) is 4.88 Å². The van der Waals surface area contributed by atoms with Crippen LogP contribution in [0.2, 0.25) is 0 Å². The Morgan fingerprint density at radius 1 is 1.38 bits per heavy atom. The number of hydrogen-bond acceptors (Lipinski definition) is 7. The smallest absolute Gasteiger partial charge is 0.350 e. The Bertz CT molecular complexity index is 797. The minimum atomic E-state index is -0.509. The first-order chi connectivity index (χ1) is 11.5. The number of nitrogen functional groups attached to an aromatic ring is 1. The van der Waals surface area contributed by atoms with Gasteiger partial charge in [-0.1, -0.05) is 19.3 Å². The Hall–Kier alpha value is -1.80. The van der Waals surface area contributed by atoms with E-state index in [0.29, 0.717) is 20.5 Å². The molecule has 8 heteroatoms. The van der Waals surface area contributed by atoms with Gasteiger partial charge in [0.2, 0.25) is 0 Å². The van der Waals surface area contributed by atoms with Gasteiger partial charge in [-0.3, -0.25) is 10.1 Å². The molecule has 1 aromatic carbocycles. The largest absolute Gasteiger partial charge is 0.465 e. The molecule has 1 aliphatic rings. The number of carbonyl (C=O) groups excluding carboxylic acids is 1. The maximum atomic E-state index is 11.9. The lowest BCUT2D eigenvalue weighted by molar-refractivity contribution is -0.384. The second-order valence-electron chi connectivity index (χ2n) is 5.79. The number of thiophene rings is 1. The number of nitro groups is 1. The van der Waals surface area contributed by atoms with E-state index in [1.165, 1.54) is 32.4 Å². The van der Waals surface area contributed by atoms with Crippen LogP contribution in [-0.4, -0.2) is 23.3 Å². The van der Waals surface area contributed by atoms with Crippen LogP contribution in [0.15, 0.2) is 17.0 Å². The van der Waals surface area contributed by atoms with Crippen LogP contribution in [0.1, 0.15) is 41.8 Å². The van der Waals surface area contributed by atoms with E-state index in [4.69, 9.17) is 10.5 Å². The van der Waals surface area contributed by atoms with Crippen molar-refractivity contribution in [1.29, 1.82) is 0 Å². The summed E-state index contributed by atoms with van der Waals surface area (Å²) in [7, 11) is 1.30. The van der Waals surface area contributed by atoms with Crippen LogP contribution >= 0.6 is 23.1 Å². The fourth-order valence-electron chi connectivity index (χ4n) is 3.01. The van der Waals surface area contributed by atoms with E-state index < -0.39 is 10.9 Å². The summed E-state index contributed by atoms with van der Waals surface area (Å²) >= 11 is 2.79. The number of anilines is 1. The van der Waals surface area contributed by atoms with Gasteiger partial charge in [-0.05, 0) is 12.8 Å². The molecule has 3 rings (SSSR count). The van der Waals surface area contributed by atoms with E-state index in [0.717, 1.165) is 34.5 Å². The van der Waals surface area contributed by atoms with Crippen molar-refractivity contribution >= 4 is 50.5 Å². The SMILES string of the molecule is COC(=O)c1sc2cc([N+](=O)[O-])cc(SC3CCCCC3)c2c1N. The van der Waals surface area contributed by atoms with Crippen LogP contribution < -0.4 is 5.73 Å². The first-order valence-corrected chi connectivity index (χ1v) is 9.46. The van der Waals surface area contributed by atoms with Crippen molar-refractivity contribution in [3.63, 3.8) is 0 Å². The highest BCUT2D eigenvalue weighted by Gasteiger charge is 2.24. The molecule has 2 aromatic rings. The van der Waals surface area contributed by atoms with Gasteiger partial charge in [0.05, 0.1) is 17.7 Å². The van der Waals surface area contributed by atoms with Crippen molar-refractivity contribution in [3.8, 4) is 0 Å². The van der Waals surface area contributed by atoms with Crippen molar-refractivity contribution in [3.05, 3.63) is 27.1 Å². The third-order valence-electron chi connectivity index (χ3n) is 4.20. The lowest BCUT2D eigenvalue weighted by Gasteiger charge is -2.21. The lowest BCUT2D eigenvalue weighted by atomic mass is 10.0. The van der Waals surface area contributed by atoms with Crippen molar-refractivity contribution in [2.45, 2.75) is 42.2 Å². The maximum Gasteiger partial charge on any atom is 0.350 e. The summed E-state index contributed by atoms with van der Waals surface area (Å²) in [5, 5.41) is 12.4. The molecule has 0 saturated heterocycles. The molecule has 1 saturated carbocycles. The third kappa shape index (κ3) is 3.21. The quantitative estimate of drug-likeness (QED) is 0.482. The number of thioether (sulfide) groups is 1. The van der Waals surface area contributed by atoms with Crippen LogP contribution in [0.3, 0.4) is 0 Å². The van der Waals surface area contributed by atoms with E-state index in [-0.39, 0.29) is 5.69 Å². The predicted octanol–water partition coefficient (Wildman–Crippen LogP) is 4.60. The molecule has 0 unspecified atom stereocenters. The Labute approximate surface area is 147 Å². The van der Waals surface area contributed by atoms with E-state index in [2.05, 4.69) is 0 Å². The summed E-state index contributed by atoms with van der Waals surface area (Å²) in [6.07, 6.45) is 5.81. The normalized spacial score (nSPS) is 15.5. The van der Waals surface area contributed by atoms with Crippen molar-refractivity contribution in [2.24, 2.45) is 0 Å². The molecule has 0 spiro atoms. The standard InChI is InChI=1S/C16H18N2O4S2/c1-22-16(19)15-14(17)13-11(23-10-5-3-2-4-6-10)7-9(18(20)21)8-12(13)24-15/h7-8,10H,2-6,17H2,1H3. The second kappa shape index (κ2) is 6.98. The highest BCUT2D eigenvalue weighted by atomic mass is 32.2. The number of non-ortho nitro benzene ring substituents is 1. The molecular formula is C16H18N2O4S2. The minimum Gasteiger partial charge on any atom is -0.465 e. The first kappa shape index (κ1) is 17.0. The van der Waals surface area contributed by atoms with Crippen LogP contribution in [0.25, 0.3) is 10.1 Å². The molecule has 2 N–H and O–H groups in total. The third-order valence-corrected chi connectivity index (χ3v) is 6.72. The molecule has 1 aromatic heterocycles. The average Bonchev–Trinajstić information content (AvgIpc) is 2.92. The van der Waals surface area contributed by atoms with Gasteiger partial charge in [-0.15, -0.1) is 23.1 Å². The van der Waals surface area contributed by atoms with Gasteiger partial charge in [0.15, 0.2) is 0 Å². The molecule has 0 aliphatic heterocycles. The average molecular weight is 366 g/mol. The summed E-state index contributed by atoms with van der Waals surface area (Å²) in [6, 6.07) is 3.06. The maximum absolute atomic E-state index is 11.9. The monoisotopic (exact) mass is 366 g/mol. The number of hydrogen-bond donors (Lipinski definition) is 1. The Balaban J connectivity index is 2.11. The summed E-state index contributed by atoms with van der Waals surface area (Å²) in [5.74, 6) is -0.509. The molecule has 0 radical (unpaired) electrons. The number of ether oxygens (including phenoxy) is 1. The van der Waals surface area contributed by atoms with Gasteiger partial charge in [-0.25, -0.2) is 4.79 Å². The molecule has 1 fully saturated rings. The number of rotatable bonds is 4. The van der Waals surface area contributed by atoms with Crippen LogP contribution in [0.5, 0.6) is 0 Å². The molecular weight excluding hydrogens is 348 g/mol. The van der Waals surface area contributed by atoms with Gasteiger partial charge < -0.3 is 10.5 Å². The molecule has 6 nitrogen and oxygen atoms in total. The second-order valence-corrected chi connectivity index (χ2v) is 8.18. The fourth-order valence-corrected chi connectivity index (χ4v) is 5.63. The number of nitrogens with two attached hydrogens (primary N) is 1. The molecule has 1 heterocycles. The Morgan fingerprint density at radius 2 is 2.08 bits per heavy atom. The van der Waals surface area contributed by atoms with Crippen LogP contribution in [0, 0.1) is 10.1 Å². The number of esters is 1. The topological polar surface area (TPSA) is 95.5 Å². The van der Waals surface area contributed by atoms with Crippen LogP contribution in [0.4, 0.5) is 11.4 Å². The van der Waals surface area contributed by atoms with E-state index >= 15 is 0 Å². The van der Waals surface area contributed by atoms with E-state index in [1.807, 2.05) is 0 Å². The highest BCUT2D eigenvalue weighted by molar-refractivity contribution is 8.00. The van der Waals surface area contributed by atoms with Crippen LogP contribution in [-0.2, 0) is 4.74 Å². The number of carbonyl (C=O) groups is 1. The number of benzene rings is 1. The zero-order chi connectivity index (χ0) is 17.3. The lowest BCUT2D eigenvalue weighted by Crippen LogP contribution is -2.08. The fraction of sp³-hybridized carbons (Fsp3) is 0.438. The number of nitro benzene ring substituents is 1. The van der Waals surface area contributed by atoms with E-state index in [9.17, 15) is 14.9 Å². The zero-order valence-electron chi connectivity index (χ0n) is 13.2. The molecule has 1 aliphatic carbocycles. The molecule has 0 atom stereocenters. The van der Waals surface area contributed by atoms with E-state index in [1.54, 1.807) is 17.8 Å². The Kier molecular flexibility index (Phi) is 4.96. The summed E-state index contributed by atoms with van der Waals surface area (Å²) in [5.41, 5.74) is 6.56. The number of methoxy groups -OCH3 is 1. The summed E-state index contributed by atoms with van der Waals surface area (Å²) in [6.45, 7) is 0. The first-order valence-electron chi connectivity index (χ1n) is 7.76. The minimum absolute atomic E-state index is 0.0264. The van der Waals surface area contributed by atoms with Crippen molar-refractivity contribution < 1.29 is 14.5 Å². The zero-order valence-corrected chi connectivity index (χ0v) is 14.9. The van der Waals surface area contributed by atoms with Gasteiger partial charge in [0, 0.05) is 32.4 Å². The summed E-state index contributed by atoms with van der Waals surface area (Å²) in [4.78, 5) is 23.8. The van der Waals surface area contributed by atoms with Crippen molar-refractivity contribution in [1.82, 2.24) is 0 Å². The summed E-state index contributed by atoms with van der Waals surface area (Å²) < 4.78 is 5.42. The van der Waals surface area contributed by atoms with Gasteiger partial charge in [-0.2, -0.15) is 0 Å². The highest BCUT2D eigenvalue weighted by Crippen LogP contribution is 2.45. The van der Waals surface area contributed by atoms with Crippen molar-refractivity contribution in [2.75, 3.05) is 12.8 Å². The number of nitrogens with zero attached hydrogens (tertiary/aromatic N) is 1. The predicted molar refractivity (Wildman–Crippen MR) is 97.0 cm³/mol. The molecule has 0 bridgehead atoms. The molecule has 128 valence electrons. The van der Waals surface area contributed by atoms with Gasteiger partial charge >= 0.3 is 5.97 Å². The van der Waals surface area contributed by atoms with Gasteiger partial charge in [0.25, 0.3) is 5.69 Å². The molecule has 0 amide bonds.